The zero-order chi connectivity index (χ0) is 15.2. The number of nitrogens with zero attached hydrogens (tertiary/aromatic N) is 1. The van der Waals surface area contributed by atoms with Gasteiger partial charge >= 0.3 is 11.8 Å². The van der Waals surface area contributed by atoms with Crippen molar-refractivity contribution in [2.75, 3.05) is 5.32 Å². The average molecular weight is 289 g/mol. The van der Waals surface area contributed by atoms with E-state index in [0.29, 0.717) is 17.2 Å². The highest BCUT2D eigenvalue weighted by molar-refractivity contribution is 6.39. The van der Waals surface area contributed by atoms with Crippen molar-refractivity contribution in [1.29, 1.82) is 0 Å². The zero-order valence-corrected chi connectivity index (χ0v) is 11.1. The van der Waals surface area contributed by atoms with Crippen LogP contribution in [0.1, 0.15) is 11.5 Å². The Bertz CT molecular complexity index is 677. The van der Waals surface area contributed by atoms with Gasteiger partial charge in [-0.05, 0) is 43.3 Å². The predicted molar refractivity (Wildman–Crippen MR) is 74.2 cm³/mol. The van der Waals surface area contributed by atoms with Crippen LogP contribution in [-0.2, 0) is 9.59 Å². The molecular formula is C14H12FN3O3. The van der Waals surface area contributed by atoms with Gasteiger partial charge in [0.25, 0.3) is 0 Å². The fraction of sp³-hybridized carbons (Fsp3) is 0.0714. The summed E-state index contributed by atoms with van der Waals surface area (Å²) < 4.78 is 17.9. The second-order valence-electron chi connectivity index (χ2n) is 4.11. The van der Waals surface area contributed by atoms with E-state index in [4.69, 9.17) is 4.42 Å². The summed E-state index contributed by atoms with van der Waals surface area (Å²) in [6.07, 6.45) is 1.27. The molecule has 0 radical (unpaired) electrons. The number of hydrazone groups is 1. The highest BCUT2D eigenvalue weighted by Crippen LogP contribution is 2.07. The molecule has 0 fully saturated rings. The van der Waals surface area contributed by atoms with Crippen LogP contribution in [0.15, 0.2) is 45.9 Å². The number of rotatable bonds is 3. The number of nitrogens with one attached hydrogen (secondary N) is 2. The normalized spacial score (nSPS) is 10.6. The van der Waals surface area contributed by atoms with Crippen LogP contribution in [0, 0.1) is 12.7 Å². The van der Waals surface area contributed by atoms with E-state index in [2.05, 4.69) is 15.8 Å². The number of aryl methyl sites for hydroxylation is 1. The maximum Gasteiger partial charge on any atom is 0.329 e. The predicted octanol–water partition coefficient (Wildman–Crippen LogP) is 1.82. The summed E-state index contributed by atoms with van der Waals surface area (Å²) in [7, 11) is 0. The number of hydrogen-bond acceptors (Lipinski definition) is 4. The van der Waals surface area contributed by atoms with Gasteiger partial charge in [-0.2, -0.15) is 5.10 Å². The molecule has 6 nitrogen and oxygen atoms in total. The smallest absolute Gasteiger partial charge is 0.329 e. The van der Waals surface area contributed by atoms with Gasteiger partial charge in [0, 0.05) is 5.69 Å². The first-order valence-electron chi connectivity index (χ1n) is 6.01. The van der Waals surface area contributed by atoms with Crippen LogP contribution >= 0.6 is 0 Å². The van der Waals surface area contributed by atoms with E-state index in [9.17, 15) is 14.0 Å². The second kappa shape index (κ2) is 6.47. The lowest BCUT2D eigenvalue weighted by Gasteiger charge is -2.03. The Balaban J connectivity index is 1.86. The molecule has 2 aromatic rings. The van der Waals surface area contributed by atoms with Gasteiger partial charge in [0.15, 0.2) is 0 Å². The minimum atomic E-state index is -0.946. The van der Waals surface area contributed by atoms with Gasteiger partial charge < -0.3 is 9.73 Å². The Labute approximate surface area is 119 Å². The van der Waals surface area contributed by atoms with E-state index in [1.807, 2.05) is 0 Å². The largest absolute Gasteiger partial charge is 0.460 e. The first-order chi connectivity index (χ1) is 10.0. The van der Waals surface area contributed by atoms with Gasteiger partial charge in [0.1, 0.15) is 17.3 Å². The standard InChI is InChI=1S/C14H12FN3O3/c1-9-2-7-12(21-9)8-16-18-14(20)13(19)17-11-5-3-10(15)4-6-11/h2-8H,1H3,(H,17,19)(H,18,20). The van der Waals surface area contributed by atoms with E-state index < -0.39 is 17.6 Å². The molecular weight excluding hydrogens is 277 g/mol. The minimum absolute atomic E-state index is 0.308. The Morgan fingerprint density at radius 2 is 1.86 bits per heavy atom. The fourth-order valence-corrected chi connectivity index (χ4v) is 1.45. The van der Waals surface area contributed by atoms with Gasteiger partial charge in [-0.15, -0.1) is 0 Å². The number of hydrogen-bond donors (Lipinski definition) is 2. The summed E-state index contributed by atoms with van der Waals surface area (Å²) in [5.41, 5.74) is 2.36. The first-order valence-corrected chi connectivity index (χ1v) is 6.01. The molecule has 7 heteroatoms. The van der Waals surface area contributed by atoms with E-state index in [1.54, 1.807) is 19.1 Å². The molecule has 2 rings (SSSR count). The number of carbonyl (C=O) groups is 2. The van der Waals surface area contributed by atoms with Crippen molar-refractivity contribution in [2.45, 2.75) is 6.92 Å². The Morgan fingerprint density at radius 1 is 1.14 bits per heavy atom. The van der Waals surface area contributed by atoms with E-state index in [0.717, 1.165) is 0 Å². The summed E-state index contributed by atoms with van der Waals surface area (Å²) >= 11 is 0. The third kappa shape index (κ3) is 4.27. The number of furan rings is 1. The summed E-state index contributed by atoms with van der Waals surface area (Å²) in [6.45, 7) is 1.77. The molecule has 0 spiro atoms. The van der Waals surface area contributed by atoms with Gasteiger partial charge in [0.05, 0.1) is 6.21 Å². The van der Waals surface area contributed by atoms with Crippen molar-refractivity contribution in [3.8, 4) is 0 Å². The van der Waals surface area contributed by atoms with Crippen molar-refractivity contribution in [3.63, 3.8) is 0 Å². The maximum absolute atomic E-state index is 12.7. The van der Waals surface area contributed by atoms with Crippen LogP contribution in [-0.4, -0.2) is 18.0 Å². The van der Waals surface area contributed by atoms with Crippen LogP contribution in [0.5, 0.6) is 0 Å². The van der Waals surface area contributed by atoms with Gasteiger partial charge in [-0.3, -0.25) is 9.59 Å². The van der Waals surface area contributed by atoms with E-state index in [1.165, 1.54) is 30.5 Å². The number of halogens is 1. The first kappa shape index (κ1) is 14.4. The van der Waals surface area contributed by atoms with Crippen LogP contribution in [0.3, 0.4) is 0 Å². The van der Waals surface area contributed by atoms with Gasteiger partial charge in [-0.25, -0.2) is 9.82 Å². The van der Waals surface area contributed by atoms with Crippen LogP contribution < -0.4 is 10.7 Å². The maximum atomic E-state index is 12.7. The van der Waals surface area contributed by atoms with Crippen molar-refractivity contribution in [1.82, 2.24) is 5.43 Å². The second-order valence-corrected chi connectivity index (χ2v) is 4.11. The minimum Gasteiger partial charge on any atom is -0.460 e. The fourth-order valence-electron chi connectivity index (χ4n) is 1.45. The highest BCUT2D eigenvalue weighted by atomic mass is 19.1. The third-order valence-corrected chi connectivity index (χ3v) is 2.43. The number of anilines is 1. The quantitative estimate of drug-likeness (QED) is 0.513. The molecule has 2 N–H and O–H groups in total. The molecule has 1 aromatic heterocycles. The van der Waals surface area contributed by atoms with Gasteiger partial charge in [-0.1, -0.05) is 0 Å². The van der Waals surface area contributed by atoms with Crippen molar-refractivity contribution >= 4 is 23.7 Å². The van der Waals surface area contributed by atoms with Crippen LogP contribution in [0.4, 0.5) is 10.1 Å². The molecule has 0 aliphatic carbocycles. The molecule has 0 bridgehead atoms. The lowest BCUT2D eigenvalue weighted by Crippen LogP contribution is -2.32. The highest BCUT2D eigenvalue weighted by Gasteiger charge is 2.12. The molecule has 0 aliphatic heterocycles. The van der Waals surface area contributed by atoms with E-state index in [-0.39, 0.29) is 0 Å². The third-order valence-electron chi connectivity index (χ3n) is 2.43. The lowest BCUT2D eigenvalue weighted by molar-refractivity contribution is -0.136. The summed E-state index contributed by atoms with van der Waals surface area (Å²) in [5, 5.41) is 5.90. The van der Waals surface area contributed by atoms with Crippen molar-refractivity contribution in [3.05, 3.63) is 53.7 Å². The topological polar surface area (TPSA) is 83.7 Å². The Hall–Kier alpha value is -2.96. The molecule has 2 amide bonds. The zero-order valence-electron chi connectivity index (χ0n) is 11.1. The summed E-state index contributed by atoms with van der Waals surface area (Å²) in [4.78, 5) is 23.0. The number of amides is 2. The number of carbonyl (C=O) groups excluding carboxylic acids is 2. The number of benzene rings is 1. The summed E-state index contributed by atoms with van der Waals surface area (Å²) in [5.74, 6) is -1.13. The van der Waals surface area contributed by atoms with Crippen molar-refractivity contribution in [2.24, 2.45) is 5.10 Å². The molecule has 1 heterocycles. The molecule has 0 saturated carbocycles. The monoisotopic (exact) mass is 289 g/mol. The Kier molecular flexibility index (Phi) is 4.45. The summed E-state index contributed by atoms with van der Waals surface area (Å²) in [6, 6.07) is 8.44. The molecule has 108 valence electrons. The SMILES string of the molecule is Cc1ccc(C=NNC(=O)C(=O)Nc2ccc(F)cc2)o1. The van der Waals surface area contributed by atoms with Crippen molar-refractivity contribution < 1.29 is 18.4 Å². The Morgan fingerprint density at radius 3 is 2.48 bits per heavy atom. The lowest BCUT2D eigenvalue weighted by atomic mass is 10.3. The molecule has 21 heavy (non-hydrogen) atoms. The van der Waals surface area contributed by atoms with Gasteiger partial charge in [0.2, 0.25) is 0 Å². The van der Waals surface area contributed by atoms with E-state index >= 15 is 0 Å². The average Bonchev–Trinajstić information content (AvgIpc) is 2.87. The molecule has 0 saturated heterocycles. The molecule has 0 aliphatic rings. The van der Waals surface area contributed by atoms with Crippen LogP contribution in [0.2, 0.25) is 0 Å². The molecule has 0 unspecified atom stereocenters. The van der Waals surface area contributed by atoms with Crippen LogP contribution in [0.25, 0.3) is 0 Å². The molecule has 0 atom stereocenters. The molecule has 1 aromatic carbocycles.